The van der Waals surface area contributed by atoms with Crippen molar-refractivity contribution in [1.82, 2.24) is 4.90 Å². The zero-order valence-electron chi connectivity index (χ0n) is 10.5. The molecule has 3 heteroatoms. The lowest BCUT2D eigenvalue weighted by Crippen LogP contribution is -2.53. The predicted molar refractivity (Wildman–Crippen MR) is 70.4 cm³/mol. The van der Waals surface area contributed by atoms with Gasteiger partial charge in [-0.05, 0) is 38.0 Å². The van der Waals surface area contributed by atoms with Crippen molar-refractivity contribution < 1.29 is 0 Å². The van der Waals surface area contributed by atoms with Crippen LogP contribution < -0.4 is 5.73 Å². The lowest BCUT2D eigenvalue weighted by atomic mass is 9.88. The fourth-order valence-corrected chi connectivity index (χ4v) is 3.39. The smallest absolute Gasteiger partial charge is 0.0306 e. The summed E-state index contributed by atoms with van der Waals surface area (Å²) in [5, 5.41) is 0. The molecule has 0 aromatic carbocycles. The first-order valence-electron chi connectivity index (χ1n) is 6.11. The van der Waals surface area contributed by atoms with Gasteiger partial charge in [0.2, 0.25) is 0 Å². The zero-order valence-corrected chi connectivity index (χ0v) is 11.3. The van der Waals surface area contributed by atoms with Gasteiger partial charge in [0.1, 0.15) is 0 Å². The molecule has 1 rings (SSSR count). The Kier molecular flexibility index (Phi) is 5.44. The molecule has 1 aliphatic heterocycles. The Morgan fingerprint density at radius 3 is 2.67 bits per heavy atom. The third-order valence-corrected chi connectivity index (χ3v) is 4.32. The van der Waals surface area contributed by atoms with E-state index in [4.69, 9.17) is 5.73 Å². The molecule has 0 bridgehead atoms. The number of thioether (sulfide) groups is 1. The lowest BCUT2D eigenvalue weighted by Gasteiger charge is -2.41. The summed E-state index contributed by atoms with van der Waals surface area (Å²) < 4.78 is 0. The molecule has 0 amide bonds. The van der Waals surface area contributed by atoms with Gasteiger partial charge < -0.3 is 5.73 Å². The van der Waals surface area contributed by atoms with Gasteiger partial charge in [-0.3, -0.25) is 4.90 Å². The first-order chi connectivity index (χ1) is 7.08. The molecule has 90 valence electrons. The maximum atomic E-state index is 5.99. The normalized spacial score (nSPS) is 23.8. The molecule has 1 fully saturated rings. The number of rotatable bonds is 4. The molecule has 0 aliphatic carbocycles. The fraction of sp³-hybridized carbons (Fsp3) is 1.00. The first kappa shape index (κ1) is 13.3. The number of nitrogens with two attached hydrogens (primary N) is 1. The molecule has 0 aromatic rings. The van der Waals surface area contributed by atoms with Crippen LogP contribution >= 0.6 is 11.8 Å². The maximum absolute atomic E-state index is 5.99. The number of hydrogen-bond acceptors (Lipinski definition) is 3. The van der Waals surface area contributed by atoms with Crippen molar-refractivity contribution in [2.45, 2.75) is 39.2 Å². The Bertz CT molecular complexity index is 176. The fourth-order valence-electron chi connectivity index (χ4n) is 2.51. The van der Waals surface area contributed by atoms with Gasteiger partial charge in [0.05, 0.1) is 0 Å². The van der Waals surface area contributed by atoms with E-state index in [1.807, 2.05) is 0 Å². The SMILES string of the molecule is CC(C)CC(C)(CN)N1CCCSCC1. The summed E-state index contributed by atoms with van der Waals surface area (Å²) in [6.07, 6.45) is 2.53. The van der Waals surface area contributed by atoms with Gasteiger partial charge in [0, 0.05) is 24.4 Å². The maximum Gasteiger partial charge on any atom is 0.0306 e. The van der Waals surface area contributed by atoms with Crippen molar-refractivity contribution in [2.24, 2.45) is 11.7 Å². The summed E-state index contributed by atoms with van der Waals surface area (Å²) in [7, 11) is 0. The average molecular weight is 230 g/mol. The second-order valence-corrected chi connectivity index (χ2v) is 6.48. The van der Waals surface area contributed by atoms with Gasteiger partial charge >= 0.3 is 0 Å². The molecule has 1 heterocycles. The van der Waals surface area contributed by atoms with Crippen LogP contribution in [0.3, 0.4) is 0 Å². The van der Waals surface area contributed by atoms with Crippen LogP contribution in [0.4, 0.5) is 0 Å². The van der Waals surface area contributed by atoms with E-state index in [0.29, 0.717) is 0 Å². The molecular weight excluding hydrogens is 204 g/mol. The molecule has 0 aromatic heterocycles. The van der Waals surface area contributed by atoms with Crippen molar-refractivity contribution in [2.75, 3.05) is 31.1 Å². The molecule has 0 saturated carbocycles. The highest BCUT2D eigenvalue weighted by Crippen LogP contribution is 2.25. The minimum atomic E-state index is 0.221. The van der Waals surface area contributed by atoms with E-state index in [-0.39, 0.29) is 5.54 Å². The molecule has 1 aliphatic rings. The number of hydrogen-bond donors (Lipinski definition) is 1. The average Bonchev–Trinajstić information content (AvgIpc) is 2.44. The first-order valence-corrected chi connectivity index (χ1v) is 7.27. The standard InChI is InChI=1S/C12H26N2S/c1-11(2)9-12(3,10-13)14-5-4-7-15-8-6-14/h11H,4-10,13H2,1-3H3. The zero-order chi connectivity index (χ0) is 11.3. The largest absolute Gasteiger partial charge is 0.329 e. The Hall–Kier alpha value is 0.270. The van der Waals surface area contributed by atoms with Crippen LogP contribution in [0, 0.1) is 5.92 Å². The summed E-state index contributed by atoms with van der Waals surface area (Å²) >= 11 is 2.08. The molecular formula is C12H26N2S. The Morgan fingerprint density at radius 2 is 2.07 bits per heavy atom. The van der Waals surface area contributed by atoms with Crippen LogP contribution in [0.25, 0.3) is 0 Å². The molecule has 1 unspecified atom stereocenters. The van der Waals surface area contributed by atoms with E-state index in [9.17, 15) is 0 Å². The summed E-state index contributed by atoms with van der Waals surface area (Å²) in [6, 6.07) is 0. The Labute approximate surface area is 99.0 Å². The highest BCUT2D eigenvalue weighted by Gasteiger charge is 2.31. The van der Waals surface area contributed by atoms with Gasteiger partial charge in [0.15, 0.2) is 0 Å². The van der Waals surface area contributed by atoms with Crippen molar-refractivity contribution in [1.29, 1.82) is 0 Å². The van der Waals surface area contributed by atoms with E-state index in [0.717, 1.165) is 12.5 Å². The second-order valence-electron chi connectivity index (χ2n) is 5.25. The predicted octanol–water partition coefficient (Wildman–Crippen LogP) is 2.19. The van der Waals surface area contributed by atoms with Gasteiger partial charge in [-0.15, -0.1) is 0 Å². The summed E-state index contributed by atoms with van der Waals surface area (Å²) in [5.41, 5.74) is 6.21. The molecule has 15 heavy (non-hydrogen) atoms. The van der Waals surface area contributed by atoms with Crippen LogP contribution in [0.15, 0.2) is 0 Å². The molecule has 2 N–H and O–H groups in total. The molecule has 1 atom stereocenters. The van der Waals surface area contributed by atoms with Crippen LogP contribution in [0.5, 0.6) is 0 Å². The van der Waals surface area contributed by atoms with E-state index >= 15 is 0 Å². The van der Waals surface area contributed by atoms with E-state index in [1.54, 1.807) is 0 Å². The van der Waals surface area contributed by atoms with E-state index < -0.39 is 0 Å². The third kappa shape index (κ3) is 3.97. The second kappa shape index (κ2) is 6.12. The topological polar surface area (TPSA) is 29.3 Å². The van der Waals surface area contributed by atoms with Crippen molar-refractivity contribution in [3.63, 3.8) is 0 Å². The molecule has 2 nitrogen and oxygen atoms in total. The van der Waals surface area contributed by atoms with E-state index in [1.165, 1.54) is 37.4 Å². The minimum absolute atomic E-state index is 0.221. The van der Waals surface area contributed by atoms with Crippen LogP contribution in [0.1, 0.15) is 33.6 Å². The van der Waals surface area contributed by atoms with Gasteiger partial charge in [-0.25, -0.2) is 0 Å². The van der Waals surface area contributed by atoms with Gasteiger partial charge in [-0.1, -0.05) is 13.8 Å². The van der Waals surface area contributed by atoms with Gasteiger partial charge in [-0.2, -0.15) is 11.8 Å². The third-order valence-electron chi connectivity index (χ3n) is 3.27. The highest BCUT2D eigenvalue weighted by atomic mass is 32.2. The molecule has 1 saturated heterocycles. The van der Waals surface area contributed by atoms with Crippen molar-refractivity contribution in [3.8, 4) is 0 Å². The van der Waals surface area contributed by atoms with Crippen molar-refractivity contribution in [3.05, 3.63) is 0 Å². The highest BCUT2D eigenvalue weighted by molar-refractivity contribution is 7.99. The Morgan fingerprint density at radius 1 is 1.33 bits per heavy atom. The monoisotopic (exact) mass is 230 g/mol. The van der Waals surface area contributed by atoms with Crippen molar-refractivity contribution >= 4 is 11.8 Å². The van der Waals surface area contributed by atoms with Crippen LogP contribution in [0.2, 0.25) is 0 Å². The molecule has 0 radical (unpaired) electrons. The van der Waals surface area contributed by atoms with E-state index in [2.05, 4.69) is 37.4 Å². The lowest BCUT2D eigenvalue weighted by molar-refractivity contribution is 0.0979. The Balaban J connectivity index is 2.60. The summed E-state index contributed by atoms with van der Waals surface area (Å²) in [6.45, 7) is 10.2. The molecule has 0 spiro atoms. The quantitative estimate of drug-likeness (QED) is 0.803. The minimum Gasteiger partial charge on any atom is -0.329 e. The number of nitrogens with zero attached hydrogens (tertiary/aromatic N) is 1. The summed E-state index contributed by atoms with van der Waals surface area (Å²) in [4.78, 5) is 2.62. The van der Waals surface area contributed by atoms with Crippen LogP contribution in [-0.4, -0.2) is 41.6 Å². The summed E-state index contributed by atoms with van der Waals surface area (Å²) in [5.74, 6) is 3.32. The van der Waals surface area contributed by atoms with Gasteiger partial charge in [0.25, 0.3) is 0 Å². The van der Waals surface area contributed by atoms with Crippen LogP contribution in [-0.2, 0) is 0 Å².